The molecule has 0 fully saturated rings. The maximum absolute atomic E-state index is 6.09. The van der Waals surface area contributed by atoms with Crippen LogP contribution in [0.4, 0.5) is 11.5 Å². The SMILES string of the molecule is CN(Cc1ccccn1)c1ncc(N)cc1Cl. The number of hydrogen-bond acceptors (Lipinski definition) is 4. The van der Waals surface area contributed by atoms with Crippen molar-refractivity contribution in [1.82, 2.24) is 9.97 Å². The maximum atomic E-state index is 6.09. The zero-order valence-corrected chi connectivity index (χ0v) is 10.2. The Morgan fingerprint density at radius 2 is 2.18 bits per heavy atom. The van der Waals surface area contributed by atoms with Gasteiger partial charge in [0.25, 0.3) is 0 Å². The van der Waals surface area contributed by atoms with Gasteiger partial charge in [-0.3, -0.25) is 4.98 Å². The Hall–Kier alpha value is -1.81. The highest BCUT2D eigenvalue weighted by molar-refractivity contribution is 6.33. The molecule has 0 atom stereocenters. The number of aromatic nitrogens is 2. The van der Waals surface area contributed by atoms with Crippen LogP contribution in [0, 0.1) is 0 Å². The van der Waals surface area contributed by atoms with Gasteiger partial charge in [0.2, 0.25) is 0 Å². The number of pyridine rings is 2. The Morgan fingerprint density at radius 3 is 2.82 bits per heavy atom. The first-order valence-corrected chi connectivity index (χ1v) is 5.56. The minimum Gasteiger partial charge on any atom is -0.397 e. The van der Waals surface area contributed by atoms with Gasteiger partial charge in [-0.15, -0.1) is 0 Å². The zero-order chi connectivity index (χ0) is 12.3. The van der Waals surface area contributed by atoms with Gasteiger partial charge in [-0.05, 0) is 18.2 Å². The third-order valence-corrected chi connectivity index (χ3v) is 2.61. The van der Waals surface area contributed by atoms with Crippen molar-refractivity contribution in [3.8, 4) is 0 Å². The number of nitrogens with two attached hydrogens (primary N) is 1. The molecule has 0 aromatic carbocycles. The summed E-state index contributed by atoms with van der Waals surface area (Å²) in [7, 11) is 1.92. The predicted molar refractivity (Wildman–Crippen MR) is 70.0 cm³/mol. The highest BCUT2D eigenvalue weighted by Crippen LogP contribution is 2.24. The summed E-state index contributed by atoms with van der Waals surface area (Å²) in [6.07, 6.45) is 3.36. The van der Waals surface area contributed by atoms with Crippen LogP contribution < -0.4 is 10.6 Å². The molecule has 0 bridgehead atoms. The third-order valence-electron chi connectivity index (χ3n) is 2.33. The van der Waals surface area contributed by atoms with E-state index >= 15 is 0 Å². The Kier molecular flexibility index (Phi) is 3.44. The van der Waals surface area contributed by atoms with Crippen LogP contribution in [-0.2, 0) is 6.54 Å². The molecule has 2 aromatic heterocycles. The van der Waals surface area contributed by atoms with Crippen molar-refractivity contribution in [2.24, 2.45) is 0 Å². The number of halogens is 1. The largest absolute Gasteiger partial charge is 0.397 e. The summed E-state index contributed by atoms with van der Waals surface area (Å²) < 4.78 is 0. The molecule has 0 saturated heterocycles. The van der Waals surface area contributed by atoms with Crippen LogP contribution in [0.25, 0.3) is 0 Å². The van der Waals surface area contributed by atoms with Crippen molar-refractivity contribution < 1.29 is 0 Å². The highest BCUT2D eigenvalue weighted by atomic mass is 35.5. The Labute approximate surface area is 105 Å². The molecule has 17 heavy (non-hydrogen) atoms. The maximum Gasteiger partial charge on any atom is 0.147 e. The average Bonchev–Trinajstić information content (AvgIpc) is 2.30. The molecule has 0 aliphatic heterocycles. The first-order valence-electron chi connectivity index (χ1n) is 5.19. The Bertz CT molecular complexity index is 501. The number of rotatable bonds is 3. The molecule has 2 N–H and O–H groups in total. The first kappa shape index (κ1) is 11.7. The standard InChI is InChI=1S/C12H13ClN4/c1-17(8-10-4-2-3-5-15-10)12-11(13)6-9(14)7-16-12/h2-7H,8,14H2,1H3. The lowest BCUT2D eigenvalue weighted by atomic mass is 10.3. The number of hydrogen-bond donors (Lipinski definition) is 1. The van der Waals surface area contributed by atoms with E-state index in [9.17, 15) is 0 Å². The van der Waals surface area contributed by atoms with Crippen LogP contribution >= 0.6 is 11.6 Å². The second kappa shape index (κ2) is 5.01. The monoisotopic (exact) mass is 248 g/mol. The summed E-state index contributed by atoms with van der Waals surface area (Å²) >= 11 is 6.09. The van der Waals surface area contributed by atoms with Gasteiger partial charge in [0.15, 0.2) is 0 Å². The molecule has 0 saturated carbocycles. The lowest BCUT2D eigenvalue weighted by molar-refractivity contribution is 0.866. The fourth-order valence-corrected chi connectivity index (χ4v) is 1.85. The van der Waals surface area contributed by atoms with Crippen LogP contribution in [0.3, 0.4) is 0 Å². The topological polar surface area (TPSA) is 55.0 Å². The molecule has 4 nitrogen and oxygen atoms in total. The molecule has 2 aromatic rings. The van der Waals surface area contributed by atoms with E-state index in [0.717, 1.165) is 5.69 Å². The van der Waals surface area contributed by atoms with E-state index in [2.05, 4.69) is 9.97 Å². The van der Waals surface area contributed by atoms with E-state index < -0.39 is 0 Å². The van der Waals surface area contributed by atoms with Crippen molar-refractivity contribution >= 4 is 23.1 Å². The van der Waals surface area contributed by atoms with Gasteiger partial charge in [-0.2, -0.15) is 0 Å². The zero-order valence-electron chi connectivity index (χ0n) is 9.47. The van der Waals surface area contributed by atoms with Gasteiger partial charge in [-0.25, -0.2) is 4.98 Å². The van der Waals surface area contributed by atoms with Crippen LogP contribution in [0.1, 0.15) is 5.69 Å². The number of anilines is 2. The molecule has 0 spiro atoms. The van der Waals surface area contributed by atoms with Gasteiger partial charge < -0.3 is 10.6 Å². The third kappa shape index (κ3) is 2.85. The van der Waals surface area contributed by atoms with E-state index in [1.807, 2.05) is 30.1 Å². The molecular formula is C12H13ClN4. The van der Waals surface area contributed by atoms with E-state index in [1.165, 1.54) is 0 Å². The van der Waals surface area contributed by atoms with Crippen LogP contribution in [-0.4, -0.2) is 17.0 Å². The molecule has 0 unspecified atom stereocenters. The fraction of sp³-hybridized carbons (Fsp3) is 0.167. The first-order chi connectivity index (χ1) is 8.16. The molecule has 2 rings (SSSR count). The van der Waals surface area contributed by atoms with Crippen molar-refractivity contribution in [2.45, 2.75) is 6.54 Å². The van der Waals surface area contributed by atoms with E-state index in [-0.39, 0.29) is 0 Å². The van der Waals surface area contributed by atoms with Gasteiger partial charge >= 0.3 is 0 Å². The lowest BCUT2D eigenvalue weighted by Crippen LogP contribution is -2.18. The van der Waals surface area contributed by atoms with Crippen molar-refractivity contribution in [3.05, 3.63) is 47.4 Å². The summed E-state index contributed by atoms with van der Waals surface area (Å²) in [4.78, 5) is 10.4. The van der Waals surface area contributed by atoms with E-state index in [0.29, 0.717) is 23.1 Å². The average molecular weight is 249 g/mol. The minimum absolute atomic E-state index is 0.545. The van der Waals surface area contributed by atoms with Crippen LogP contribution in [0.5, 0.6) is 0 Å². The molecule has 0 aliphatic carbocycles. The second-order valence-electron chi connectivity index (χ2n) is 3.75. The smallest absolute Gasteiger partial charge is 0.147 e. The molecule has 0 aliphatic rings. The lowest BCUT2D eigenvalue weighted by Gasteiger charge is -2.18. The summed E-state index contributed by atoms with van der Waals surface area (Å²) in [6.45, 7) is 0.650. The molecule has 88 valence electrons. The van der Waals surface area contributed by atoms with E-state index in [1.54, 1.807) is 18.5 Å². The highest BCUT2D eigenvalue weighted by Gasteiger charge is 2.08. The molecule has 0 amide bonds. The van der Waals surface area contributed by atoms with Gasteiger partial charge in [0.1, 0.15) is 5.82 Å². The number of nitrogen functional groups attached to an aromatic ring is 1. The predicted octanol–water partition coefficient (Wildman–Crippen LogP) is 2.35. The van der Waals surface area contributed by atoms with Crippen LogP contribution in [0.15, 0.2) is 36.7 Å². The quantitative estimate of drug-likeness (QED) is 0.906. The molecule has 0 radical (unpaired) electrons. The summed E-state index contributed by atoms with van der Waals surface area (Å²) in [5, 5.41) is 0.545. The summed E-state index contributed by atoms with van der Waals surface area (Å²) in [6, 6.07) is 7.49. The second-order valence-corrected chi connectivity index (χ2v) is 4.16. The van der Waals surface area contributed by atoms with Crippen molar-refractivity contribution in [2.75, 3.05) is 17.7 Å². The minimum atomic E-state index is 0.545. The summed E-state index contributed by atoms with van der Waals surface area (Å²) in [5.41, 5.74) is 7.13. The van der Waals surface area contributed by atoms with E-state index in [4.69, 9.17) is 17.3 Å². The van der Waals surface area contributed by atoms with Crippen molar-refractivity contribution in [1.29, 1.82) is 0 Å². The Morgan fingerprint density at radius 1 is 1.35 bits per heavy atom. The van der Waals surface area contributed by atoms with Crippen molar-refractivity contribution in [3.63, 3.8) is 0 Å². The van der Waals surface area contributed by atoms with Gasteiger partial charge in [0.05, 0.1) is 29.1 Å². The van der Waals surface area contributed by atoms with Crippen LogP contribution in [0.2, 0.25) is 5.02 Å². The molecular weight excluding hydrogens is 236 g/mol. The molecule has 2 heterocycles. The number of nitrogens with zero attached hydrogens (tertiary/aromatic N) is 3. The molecule has 5 heteroatoms. The summed E-state index contributed by atoms with van der Waals surface area (Å²) in [5.74, 6) is 0.700. The fourth-order valence-electron chi connectivity index (χ4n) is 1.54. The van der Waals surface area contributed by atoms with Gasteiger partial charge in [-0.1, -0.05) is 17.7 Å². The Balaban J connectivity index is 2.17. The van der Waals surface area contributed by atoms with Gasteiger partial charge in [0, 0.05) is 13.2 Å². The normalized spacial score (nSPS) is 10.2.